The molecule has 0 radical (unpaired) electrons. The van der Waals surface area contributed by atoms with E-state index in [1.807, 2.05) is 12.4 Å². The summed E-state index contributed by atoms with van der Waals surface area (Å²) in [7, 11) is 0. The first kappa shape index (κ1) is 11.9. The molecule has 1 saturated carbocycles. The highest BCUT2D eigenvalue weighted by Gasteiger charge is 2.26. The normalized spacial score (nSPS) is 24.9. The molecule has 1 saturated heterocycles. The van der Waals surface area contributed by atoms with Gasteiger partial charge in [0, 0.05) is 18.9 Å². The minimum atomic E-state index is 0.202. The van der Waals surface area contributed by atoms with Gasteiger partial charge in [-0.2, -0.15) is 0 Å². The number of aliphatic hydroxyl groups excluding tert-OH is 1. The van der Waals surface area contributed by atoms with Crippen molar-refractivity contribution in [2.75, 3.05) is 18.1 Å². The van der Waals surface area contributed by atoms with E-state index in [4.69, 9.17) is 0 Å². The summed E-state index contributed by atoms with van der Waals surface area (Å²) in [5.41, 5.74) is 1.29. The molecule has 2 aliphatic rings. The summed E-state index contributed by atoms with van der Waals surface area (Å²) in [4.78, 5) is 11.2. The molecule has 0 aromatic carbocycles. The van der Waals surface area contributed by atoms with Crippen LogP contribution in [-0.4, -0.2) is 34.3 Å². The Morgan fingerprint density at radius 3 is 2.50 bits per heavy atom. The summed E-state index contributed by atoms with van der Waals surface area (Å²) in [5.74, 6) is 1.46. The smallest absolute Gasteiger partial charge is 0.225 e. The van der Waals surface area contributed by atoms with Gasteiger partial charge in [-0.15, -0.1) is 0 Å². The van der Waals surface area contributed by atoms with Crippen LogP contribution < -0.4 is 4.90 Å². The number of aliphatic hydroxyl groups is 1. The summed E-state index contributed by atoms with van der Waals surface area (Å²) in [6, 6.07) is 0.210. The van der Waals surface area contributed by atoms with Gasteiger partial charge in [0.1, 0.15) is 0 Å². The van der Waals surface area contributed by atoms with Gasteiger partial charge in [-0.3, -0.25) is 0 Å². The minimum absolute atomic E-state index is 0.202. The molecule has 3 rings (SSSR count). The number of hydrogen-bond donors (Lipinski definition) is 1. The Labute approximate surface area is 108 Å². The SMILES string of the molecule is OCC1CCCN1c1ncc(C2CCCC2)cn1. The summed E-state index contributed by atoms with van der Waals surface area (Å²) in [5, 5.41) is 9.33. The van der Waals surface area contributed by atoms with E-state index in [2.05, 4.69) is 14.9 Å². The number of nitrogens with zero attached hydrogens (tertiary/aromatic N) is 3. The maximum atomic E-state index is 9.33. The number of aromatic nitrogens is 2. The zero-order chi connectivity index (χ0) is 12.4. The van der Waals surface area contributed by atoms with Crippen molar-refractivity contribution in [2.45, 2.75) is 50.5 Å². The van der Waals surface area contributed by atoms with Crippen molar-refractivity contribution in [1.29, 1.82) is 0 Å². The van der Waals surface area contributed by atoms with E-state index < -0.39 is 0 Å². The second-order valence-corrected chi connectivity index (χ2v) is 5.47. The average molecular weight is 247 g/mol. The number of anilines is 1. The van der Waals surface area contributed by atoms with Gasteiger partial charge in [-0.1, -0.05) is 12.8 Å². The lowest BCUT2D eigenvalue weighted by molar-refractivity contribution is 0.265. The molecule has 18 heavy (non-hydrogen) atoms. The van der Waals surface area contributed by atoms with E-state index in [9.17, 15) is 5.11 Å². The highest BCUT2D eigenvalue weighted by Crippen LogP contribution is 2.33. The third kappa shape index (κ3) is 2.21. The molecule has 0 spiro atoms. The van der Waals surface area contributed by atoms with Crippen LogP contribution >= 0.6 is 0 Å². The van der Waals surface area contributed by atoms with Crippen molar-refractivity contribution in [2.24, 2.45) is 0 Å². The van der Waals surface area contributed by atoms with Crippen LogP contribution in [0.4, 0.5) is 5.95 Å². The Bertz CT molecular complexity index is 387. The first-order valence-corrected chi connectivity index (χ1v) is 7.08. The van der Waals surface area contributed by atoms with E-state index in [0.29, 0.717) is 5.92 Å². The fourth-order valence-electron chi connectivity index (χ4n) is 3.24. The van der Waals surface area contributed by atoms with Crippen LogP contribution in [0.2, 0.25) is 0 Å². The molecule has 1 aromatic rings. The first-order chi connectivity index (χ1) is 8.88. The Balaban J connectivity index is 1.74. The molecule has 98 valence electrons. The summed E-state index contributed by atoms with van der Waals surface area (Å²) < 4.78 is 0. The Morgan fingerprint density at radius 2 is 1.83 bits per heavy atom. The lowest BCUT2D eigenvalue weighted by Gasteiger charge is -2.23. The van der Waals surface area contributed by atoms with Gasteiger partial charge < -0.3 is 10.0 Å². The zero-order valence-corrected chi connectivity index (χ0v) is 10.8. The molecule has 0 bridgehead atoms. The van der Waals surface area contributed by atoms with Crippen LogP contribution in [-0.2, 0) is 0 Å². The quantitative estimate of drug-likeness (QED) is 0.888. The van der Waals surface area contributed by atoms with Crippen molar-refractivity contribution >= 4 is 5.95 Å². The van der Waals surface area contributed by atoms with Crippen molar-refractivity contribution in [3.63, 3.8) is 0 Å². The minimum Gasteiger partial charge on any atom is -0.394 e. The lowest BCUT2D eigenvalue weighted by Crippen LogP contribution is -2.33. The molecule has 1 unspecified atom stereocenters. The van der Waals surface area contributed by atoms with Crippen molar-refractivity contribution in [3.8, 4) is 0 Å². The Hall–Kier alpha value is -1.16. The van der Waals surface area contributed by atoms with E-state index in [-0.39, 0.29) is 12.6 Å². The van der Waals surface area contributed by atoms with Gasteiger partial charge in [0.05, 0.1) is 12.6 Å². The molecule has 0 amide bonds. The van der Waals surface area contributed by atoms with Crippen LogP contribution in [0.25, 0.3) is 0 Å². The molecule has 2 heterocycles. The van der Waals surface area contributed by atoms with Gasteiger partial charge in [0.2, 0.25) is 5.95 Å². The van der Waals surface area contributed by atoms with Crippen molar-refractivity contribution < 1.29 is 5.11 Å². The molecular weight excluding hydrogens is 226 g/mol. The first-order valence-electron chi connectivity index (χ1n) is 7.08. The maximum Gasteiger partial charge on any atom is 0.225 e. The van der Waals surface area contributed by atoms with E-state index in [1.165, 1.54) is 31.2 Å². The molecular formula is C14H21N3O. The van der Waals surface area contributed by atoms with Crippen molar-refractivity contribution in [1.82, 2.24) is 9.97 Å². The summed E-state index contributed by atoms with van der Waals surface area (Å²) in [6.45, 7) is 1.17. The Morgan fingerprint density at radius 1 is 1.11 bits per heavy atom. The molecule has 1 atom stereocenters. The summed E-state index contributed by atoms with van der Waals surface area (Å²) in [6.07, 6.45) is 11.4. The van der Waals surface area contributed by atoms with E-state index >= 15 is 0 Å². The van der Waals surface area contributed by atoms with Gasteiger partial charge in [-0.05, 0) is 37.2 Å². The standard InChI is InChI=1S/C14H21N3O/c18-10-13-6-3-7-17(13)14-15-8-12(9-16-14)11-4-1-2-5-11/h8-9,11,13,18H,1-7,10H2. The topological polar surface area (TPSA) is 49.2 Å². The zero-order valence-electron chi connectivity index (χ0n) is 10.8. The van der Waals surface area contributed by atoms with Crippen LogP contribution in [0.3, 0.4) is 0 Å². The van der Waals surface area contributed by atoms with E-state index in [0.717, 1.165) is 25.3 Å². The van der Waals surface area contributed by atoms with Crippen LogP contribution in [0.15, 0.2) is 12.4 Å². The number of hydrogen-bond acceptors (Lipinski definition) is 4. The maximum absolute atomic E-state index is 9.33. The summed E-state index contributed by atoms with van der Waals surface area (Å²) >= 11 is 0. The molecule has 1 N–H and O–H groups in total. The van der Waals surface area contributed by atoms with Crippen LogP contribution in [0, 0.1) is 0 Å². The lowest BCUT2D eigenvalue weighted by atomic mass is 10.0. The second-order valence-electron chi connectivity index (χ2n) is 5.47. The third-order valence-corrected chi connectivity index (χ3v) is 4.33. The predicted molar refractivity (Wildman–Crippen MR) is 70.7 cm³/mol. The van der Waals surface area contributed by atoms with Gasteiger partial charge in [0.25, 0.3) is 0 Å². The van der Waals surface area contributed by atoms with Crippen LogP contribution in [0.5, 0.6) is 0 Å². The highest BCUT2D eigenvalue weighted by atomic mass is 16.3. The van der Waals surface area contributed by atoms with Crippen molar-refractivity contribution in [3.05, 3.63) is 18.0 Å². The fourth-order valence-corrected chi connectivity index (χ4v) is 3.24. The Kier molecular flexibility index (Phi) is 3.46. The van der Waals surface area contributed by atoms with Gasteiger partial charge >= 0.3 is 0 Å². The largest absolute Gasteiger partial charge is 0.394 e. The van der Waals surface area contributed by atoms with Gasteiger partial charge in [-0.25, -0.2) is 9.97 Å². The van der Waals surface area contributed by atoms with Crippen LogP contribution in [0.1, 0.15) is 50.0 Å². The molecule has 1 aliphatic carbocycles. The molecule has 4 nitrogen and oxygen atoms in total. The average Bonchev–Trinajstić information content (AvgIpc) is 3.10. The monoisotopic (exact) mass is 247 g/mol. The highest BCUT2D eigenvalue weighted by molar-refractivity contribution is 5.34. The second kappa shape index (κ2) is 5.22. The van der Waals surface area contributed by atoms with E-state index in [1.54, 1.807) is 0 Å². The molecule has 1 aliphatic heterocycles. The molecule has 4 heteroatoms. The molecule has 2 fully saturated rings. The molecule has 1 aromatic heterocycles. The fraction of sp³-hybridized carbons (Fsp3) is 0.714. The number of rotatable bonds is 3. The third-order valence-electron chi connectivity index (χ3n) is 4.33. The predicted octanol–water partition coefficient (Wildman–Crippen LogP) is 2.10. The van der Waals surface area contributed by atoms with Gasteiger partial charge in [0.15, 0.2) is 0 Å².